The van der Waals surface area contributed by atoms with Gasteiger partial charge in [0.15, 0.2) is 22.7 Å². The number of nitrogens with one attached hydrogen (secondary N) is 1. The van der Waals surface area contributed by atoms with Gasteiger partial charge in [0.2, 0.25) is 11.2 Å². The summed E-state index contributed by atoms with van der Waals surface area (Å²) in [6.07, 6.45) is 3.09. The molecule has 30 heavy (non-hydrogen) atoms. The predicted molar refractivity (Wildman–Crippen MR) is 114 cm³/mol. The molecule has 9 nitrogen and oxygen atoms in total. The summed E-state index contributed by atoms with van der Waals surface area (Å²) in [6, 6.07) is 8.80. The highest BCUT2D eigenvalue weighted by Gasteiger charge is 2.13. The van der Waals surface area contributed by atoms with E-state index in [1.807, 2.05) is 0 Å². The van der Waals surface area contributed by atoms with Gasteiger partial charge in [0.1, 0.15) is 12.1 Å². The Labute approximate surface area is 171 Å². The van der Waals surface area contributed by atoms with Crippen molar-refractivity contribution in [2.45, 2.75) is 0 Å². The van der Waals surface area contributed by atoms with E-state index in [2.05, 4.69) is 15.1 Å². The molecule has 0 saturated carbocycles. The van der Waals surface area contributed by atoms with Gasteiger partial charge in [-0.2, -0.15) is 5.10 Å². The van der Waals surface area contributed by atoms with Crippen LogP contribution in [0.15, 0.2) is 46.6 Å². The van der Waals surface area contributed by atoms with Crippen molar-refractivity contribution in [1.29, 1.82) is 0 Å². The topological polar surface area (TPSA) is 100.0 Å². The van der Waals surface area contributed by atoms with Crippen LogP contribution in [0.3, 0.4) is 0 Å². The highest BCUT2D eigenvalue weighted by atomic mass is 16.5. The molecule has 0 spiro atoms. The highest BCUT2D eigenvalue weighted by molar-refractivity contribution is 5.90. The maximum atomic E-state index is 12.8. The first-order chi connectivity index (χ1) is 14.6. The van der Waals surface area contributed by atoms with Gasteiger partial charge in [-0.1, -0.05) is 0 Å². The highest BCUT2D eigenvalue weighted by Crippen LogP contribution is 2.37. The summed E-state index contributed by atoms with van der Waals surface area (Å²) in [6.45, 7) is 0. The van der Waals surface area contributed by atoms with Crippen LogP contribution in [0.25, 0.3) is 22.1 Å². The van der Waals surface area contributed by atoms with Gasteiger partial charge in [0, 0.05) is 5.56 Å². The van der Waals surface area contributed by atoms with Crippen LogP contribution in [0, 0.1) is 0 Å². The van der Waals surface area contributed by atoms with E-state index < -0.39 is 0 Å². The van der Waals surface area contributed by atoms with Crippen LogP contribution in [-0.4, -0.2) is 49.3 Å². The summed E-state index contributed by atoms with van der Waals surface area (Å²) in [7, 11) is 6.20. The predicted octanol–water partition coefficient (Wildman–Crippen LogP) is 2.79. The van der Waals surface area contributed by atoms with E-state index in [1.54, 1.807) is 65.0 Å². The molecule has 0 saturated heterocycles. The Kier molecular flexibility index (Phi) is 5.01. The molecule has 154 valence electrons. The number of fused-ring (bicyclic) bond motifs is 2. The molecule has 0 fully saturated rings. The third-order valence-electron chi connectivity index (χ3n) is 4.71. The lowest BCUT2D eigenvalue weighted by Gasteiger charge is -2.12. The van der Waals surface area contributed by atoms with Gasteiger partial charge in [0.25, 0.3) is 0 Å². The van der Waals surface area contributed by atoms with Gasteiger partial charge in [-0.15, -0.1) is 0 Å². The molecule has 0 aliphatic rings. The number of methoxy groups -OCH3 is 4. The Morgan fingerprint density at radius 3 is 2.37 bits per heavy atom. The molecule has 0 atom stereocenters. The molecule has 9 heteroatoms. The number of nitrogens with zero attached hydrogens (tertiary/aromatic N) is 3. The van der Waals surface area contributed by atoms with Crippen molar-refractivity contribution in [1.82, 2.24) is 14.6 Å². The molecule has 0 unspecified atom stereocenters. The van der Waals surface area contributed by atoms with Crippen LogP contribution >= 0.6 is 0 Å². The lowest BCUT2D eigenvalue weighted by molar-refractivity contribution is 0.324. The fraction of sp³-hybridized carbons (Fsp3) is 0.190. The summed E-state index contributed by atoms with van der Waals surface area (Å²) in [5, 5.41) is 4.94. The van der Waals surface area contributed by atoms with Gasteiger partial charge in [-0.3, -0.25) is 4.79 Å². The molecule has 0 amide bonds. The molecule has 4 rings (SSSR count). The zero-order chi connectivity index (χ0) is 21.3. The second-order valence-electron chi connectivity index (χ2n) is 6.36. The fourth-order valence-electron chi connectivity index (χ4n) is 3.22. The quantitative estimate of drug-likeness (QED) is 0.493. The molecule has 4 aromatic rings. The largest absolute Gasteiger partial charge is 0.497 e. The SMILES string of the molecule is COc1ccc2[nH]c3c(ncn3N=Cc3cc(OC)c(OC)c(OC)c3)c(=O)c2c1. The number of aromatic nitrogens is 3. The van der Waals surface area contributed by atoms with Crippen molar-refractivity contribution in [3.8, 4) is 23.0 Å². The van der Waals surface area contributed by atoms with Crippen LogP contribution in [0.5, 0.6) is 23.0 Å². The Morgan fingerprint density at radius 1 is 1.00 bits per heavy atom. The third kappa shape index (κ3) is 3.20. The van der Waals surface area contributed by atoms with Crippen LogP contribution in [0.2, 0.25) is 0 Å². The van der Waals surface area contributed by atoms with Crippen molar-refractivity contribution < 1.29 is 18.9 Å². The van der Waals surface area contributed by atoms with E-state index in [1.165, 1.54) is 11.0 Å². The average molecular weight is 408 g/mol. The van der Waals surface area contributed by atoms with E-state index in [-0.39, 0.29) is 10.9 Å². The molecule has 2 heterocycles. The maximum Gasteiger partial charge on any atom is 0.217 e. The monoisotopic (exact) mass is 408 g/mol. The number of benzene rings is 2. The molecule has 2 aromatic carbocycles. The lowest BCUT2D eigenvalue weighted by Crippen LogP contribution is -2.05. The molecule has 0 bridgehead atoms. The fourth-order valence-corrected chi connectivity index (χ4v) is 3.22. The van der Waals surface area contributed by atoms with Crippen molar-refractivity contribution in [3.63, 3.8) is 0 Å². The first-order valence-electron chi connectivity index (χ1n) is 9.01. The van der Waals surface area contributed by atoms with Crippen molar-refractivity contribution in [2.24, 2.45) is 5.10 Å². The molecule has 0 aliphatic heterocycles. The van der Waals surface area contributed by atoms with Crippen LogP contribution in [-0.2, 0) is 0 Å². The third-order valence-corrected chi connectivity index (χ3v) is 4.71. The summed E-state index contributed by atoms with van der Waals surface area (Å²) < 4.78 is 22.8. The Hall–Kier alpha value is -4.01. The number of hydrogen-bond donors (Lipinski definition) is 1. The Morgan fingerprint density at radius 2 is 1.73 bits per heavy atom. The van der Waals surface area contributed by atoms with Gasteiger partial charge in [-0.05, 0) is 30.3 Å². The minimum atomic E-state index is -0.195. The van der Waals surface area contributed by atoms with E-state index in [0.29, 0.717) is 39.5 Å². The molecule has 2 aromatic heterocycles. The number of hydrogen-bond acceptors (Lipinski definition) is 7. The number of pyridine rings is 1. The zero-order valence-corrected chi connectivity index (χ0v) is 16.9. The first kappa shape index (κ1) is 19.3. The van der Waals surface area contributed by atoms with Gasteiger partial charge in [0.05, 0.1) is 45.6 Å². The minimum absolute atomic E-state index is 0.195. The summed E-state index contributed by atoms with van der Waals surface area (Å²) >= 11 is 0. The van der Waals surface area contributed by atoms with E-state index in [9.17, 15) is 4.79 Å². The van der Waals surface area contributed by atoms with Crippen LogP contribution in [0.4, 0.5) is 0 Å². The summed E-state index contributed by atoms with van der Waals surface area (Å²) in [5.41, 5.74) is 1.97. The number of aromatic amines is 1. The number of rotatable bonds is 6. The van der Waals surface area contributed by atoms with Crippen LogP contribution < -0.4 is 24.4 Å². The number of ether oxygens (including phenoxy) is 4. The molecule has 0 aliphatic carbocycles. The van der Waals surface area contributed by atoms with Crippen molar-refractivity contribution in [2.75, 3.05) is 28.4 Å². The normalized spacial score (nSPS) is 11.3. The van der Waals surface area contributed by atoms with E-state index >= 15 is 0 Å². The second-order valence-corrected chi connectivity index (χ2v) is 6.36. The molecular weight excluding hydrogens is 388 g/mol. The standard InChI is InChI=1S/C21H20N4O5/c1-27-13-5-6-15-14(9-13)19(26)18-21(24-15)25(11-22-18)23-10-12-7-16(28-2)20(30-4)17(8-12)29-3/h5-11H,1-4H3,(H,24,26). The van der Waals surface area contributed by atoms with Crippen molar-refractivity contribution in [3.05, 3.63) is 52.4 Å². The smallest absolute Gasteiger partial charge is 0.217 e. The Bertz CT molecular complexity index is 1300. The van der Waals surface area contributed by atoms with Gasteiger partial charge >= 0.3 is 0 Å². The van der Waals surface area contributed by atoms with Crippen LogP contribution in [0.1, 0.15) is 5.56 Å². The van der Waals surface area contributed by atoms with E-state index in [4.69, 9.17) is 18.9 Å². The number of imidazole rings is 1. The van der Waals surface area contributed by atoms with Gasteiger partial charge in [-0.25, -0.2) is 9.66 Å². The second kappa shape index (κ2) is 7.78. The maximum absolute atomic E-state index is 12.8. The number of H-pyrrole nitrogens is 1. The minimum Gasteiger partial charge on any atom is -0.497 e. The molecule has 1 N–H and O–H groups in total. The summed E-state index contributed by atoms with van der Waals surface area (Å²) in [5.74, 6) is 2.13. The zero-order valence-electron chi connectivity index (χ0n) is 16.9. The van der Waals surface area contributed by atoms with Crippen molar-refractivity contribution >= 4 is 28.3 Å². The lowest BCUT2D eigenvalue weighted by atomic mass is 10.2. The molecular formula is C21H20N4O5. The average Bonchev–Trinajstić information content (AvgIpc) is 3.19. The summed E-state index contributed by atoms with van der Waals surface area (Å²) in [4.78, 5) is 20.3. The Balaban J connectivity index is 1.79. The first-order valence-corrected chi connectivity index (χ1v) is 9.01. The van der Waals surface area contributed by atoms with Gasteiger partial charge < -0.3 is 23.9 Å². The van der Waals surface area contributed by atoms with E-state index in [0.717, 1.165) is 5.56 Å². The molecule has 0 radical (unpaired) electrons.